The van der Waals surface area contributed by atoms with Crippen LogP contribution in [-0.2, 0) is 0 Å². The molecular formula is C29H28O2. The van der Waals surface area contributed by atoms with Crippen molar-refractivity contribution in [2.75, 3.05) is 0 Å². The number of para-hydroxylation sites is 1. The van der Waals surface area contributed by atoms with Crippen LogP contribution in [0.1, 0.15) is 38.2 Å². The number of rotatable bonds is 4. The van der Waals surface area contributed by atoms with E-state index in [9.17, 15) is 4.79 Å². The fourth-order valence-corrected chi connectivity index (χ4v) is 3.07. The zero-order chi connectivity index (χ0) is 22.2. The molecule has 0 spiro atoms. The molecule has 0 fully saturated rings. The Hall–Kier alpha value is -3.65. The molecule has 2 heteroatoms. The topological polar surface area (TPSA) is 26.3 Å². The fourth-order valence-electron chi connectivity index (χ4n) is 3.07. The van der Waals surface area contributed by atoms with Crippen LogP contribution in [0.25, 0.3) is 0 Å². The third-order valence-corrected chi connectivity index (χ3v) is 4.95. The molecule has 0 aromatic heterocycles. The number of aryl methyl sites for hydroxylation is 4. The van der Waals surface area contributed by atoms with Crippen LogP contribution in [0.15, 0.2) is 97.1 Å². The molecule has 0 bridgehead atoms. The zero-order valence-electron chi connectivity index (χ0n) is 18.6. The van der Waals surface area contributed by atoms with Gasteiger partial charge in [0, 0.05) is 11.1 Å². The van der Waals surface area contributed by atoms with Gasteiger partial charge in [-0.05, 0) is 75.7 Å². The number of benzene rings is 4. The minimum atomic E-state index is 0.0393. The molecule has 0 heterocycles. The Bertz CT molecular complexity index is 1100. The monoisotopic (exact) mass is 408 g/mol. The maximum atomic E-state index is 12.6. The predicted molar refractivity (Wildman–Crippen MR) is 128 cm³/mol. The van der Waals surface area contributed by atoms with Crippen molar-refractivity contribution >= 4 is 5.78 Å². The van der Waals surface area contributed by atoms with Crippen molar-refractivity contribution in [3.63, 3.8) is 0 Å². The second-order valence-corrected chi connectivity index (χ2v) is 7.74. The molecule has 4 rings (SSSR count). The lowest BCUT2D eigenvalue weighted by Crippen LogP contribution is -2.04. The second-order valence-electron chi connectivity index (χ2n) is 7.74. The lowest BCUT2D eigenvalue weighted by molar-refractivity contribution is 0.103. The minimum absolute atomic E-state index is 0.0393. The molecule has 0 saturated heterocycles. The first kappa shape index (κ1) is 22.0. The second kappa shape index (κ2) is 10.4. The van der Waals surface area contributed by atoms with Gasteiger partial charge in [0.05, 0.1) is 0 Å². The molecule has 4 aromatic carbocycles. The molecule has 0 unspecified atom stereocenters. The van der Waals surface area contributed by atoms with Crippen LogP contribution in [0.4, 0.5) is 0 Å². The summed E-state index contributed by atoms with van der Waals surface area (Å²) in [5.74, 6) is 1.53. The minimum Gasteiger partial charge on any atom is -0.457 e. The summed E-state index contributed by atoms with van der Waals surface area (Å²) < 4.78 is 5.75. The first-order valence-corrected chi connectivity index (χ1v) is 10.4. The van der Waals surface area contributed by atoms with E-state index in [1.165, 1.54) is 11.1 Å². The summed E-state index contributed by atoms with van der Waals surface area (Å²) in [6.07, 6.45) is 0. The van der Waals surface area contributed by atoms with Gasteiger partial charge in [0.2, 0.25) is 0 Å². The average Bonchev–Trinajstić information content (AvgIpc) is 2.79. The first-order valence-electron chi connectivity index (χ1n) is 10.4. The van der Waals surface area contributed by atoms with Crippen LogP contribution in [-0.4, -0.2) is 5.78 Å². The van der Waals surface area contributed by atoms with Crippen molar-refractivity contribution in [1.29, 1.82) is 0 Å². The van der Waals surface area contributed by atoms with E-state index in [1.807, 2.05) is 86.6 Å². The smallest absolute Gasteiger partial charge is 0.193 e. The quantitative estimate of drug-likeness (QED) is 0.324. The SMILES string of the molecule is Cc1ccc(C)c(C(=O)c2ccc(Oc3ccccc3)cc2)c1.Cc1ccc(C)cc1. The fraction of sp³-hybridized carbons (Fsp3) is 0.138. The molecule has 0 atom stereocenters. The summed E-state index contributed by atoms with van der Waals surface area (Å²) in [7, 11) is 0. The number of carbonyl (C=O) groups is 1. The average molecular weight is 409 g/mol. The molecule has 0 amide bonds. The van der Waals surface area contributed by atoms with Crippen molar-refractivity contribution in [3.05, 3.63) is 130 Å². The third-order valence-electron chi connectivity index (χ3n) is 4.95. The van der Waals surface area contributed by atoms with Crippen molar-refractivity contribution in [2.45, 2.75) is 27.7 Å². The van der Waals surface area contributed by atoms with Gasteiger partial charge in [-0.2, -0.15) is 0 Å². The van der Waals surface area contributed by atoms with Crippen LogP contribution in [0, 0.1) is 27.7 Å². The van der Waals surface area contributed by atoms with Crippen LogP contribution in [0.5, 0.6) is 11.5 Å². The molecule has 4 aromatic rings. The van der Waals surface area contributed by atoms with E-state index in [4.69, 9.17) is 4.74 Å². The molecule has 0 aliphatic carbocycles. The van der Waals surface area contributed by atoms with E-state index in [2.05, 4.69) is 38.1 Å². The number of hydrogen-bond acceptors (Lipinski definition) is 2. The van der Waals surface area contributed by atoms with Gasteiger partial charge in [-0.3, -0.25) is 4.79 Å². The maximum Gasteiger partial charge on any atom is 0.193 e. The van der Waals surface area contributed by atoms with Crippen molar-refractivity contribution < 1.29 is 9.53 Å². The van der Waals surface area contributed by atoms with Crippen LogP contribution >= 0.6 is 0 Å². The predicted octanol–water partition coefficient (Wildman–Crippen LogP) is 7.63. The van der Waals surface area contributed by atoms with Gasteiger partial charge in [-0.15, -0.1) is 0 Å². The number of carbonyl (C=O) groups excluding carboxylic acids is 1. The molecule has 0 aliphatic rings. The Morgan fingerprint density at radius 3 is 1.68 bits per heavy atom. The molecule has 156 valence electrons. The molecule has 2 nitrogen and oxygen atoms in total. The van der Waals surface area contributed by atoms with Gasteiger partial charge in [-0.25, -0.2) is 0 Å². The van der Waals surface area contributed by atoms with Crippen LogP contribution in [0.2, 0.25) is 0 Å². The Labute approximate surface area is 185 Å². The van der Waals surface area contributed by atoms with Crippen molar-refractivity contribution in [2.24, 2.45) is 0 Å². The van der Waals surface area contributed by atoms with E-state index in [-0.39, 0.29) is 5.78 Å². The number of hydrogen-bond donors (Lipinski definition) is 0. The molecule has 0 saturated carbocycles. The van der Waals surface area contributed by atoms with E-state index < -0.39 is 0 Å². The largest absolute Gasteiger partial charge is 0.457 e. The highest BCUT2D eigenvalue weighted by atomic mass is 16.5. The van der Waals surface area contributed by atoms with E-state index in [1.54, 1.807) is 0 Å². The Balaban J connectivity index is 0.000000287. The summed E-state index contributed by atoms with van der Waals surface area (Å²) in [6, 6.07) is 31.3. The lowest BCUT2D eigenvalue weighted by Gasteiger charge is -2.08. The summed E-state index contributed by atoms with van der Waals surface area (Å²) in [5, 5.41) is 0. The van der Waals surface area contributed by atoms with Gasteiger partial charge in [0.25, 0.3) is 0 Å². The van der Waals surface area contributed by atoms with Gasteiger partial charge < -0.3 is 4.74 Å². The molecule has 0 radical (unpaired) electrons. The Morgan fingerprint density at radius 1 is 0.581 bits per heavy atom. The highest BCUT2D eigenvalue weighted by Crippen LogP contribution is 2.23. The van der Waals surface area contributed by atoms with Gasteiger partial charge in [0.1, 0.15) is 11.5 Å². The normalized spacial score (nSPS) is 10.1. The maximum absolute atomic E-state index is 12.6. The standard InChI is InChI=1S/C21H18O2.C8H10/c1-15-8-9-16(2)20(14-15)21(22)17-10-12-19(13-11-17)23-18-6-4-3-5-7-18;1-7-3-5-8(2)6-4-7/h3-14H,1-2H3;3-6H,1-2H3. The van der Waals surface area contributed by atoms with Crippen LogP contribution in [0.3, 0.4) is 0 Å². The summed E-state index contributed by atoms with van der Waals surface area (Å²) in [4.78, 5) is 12.6. The van der Waals surface area contributed by atoms with E-state index in [0.717, 1.165) is 22.4 Å². The number of ether oxygens (including phenoxy) is 1. The Kier molecular flexibility index (Phi) is 7.40. The van der Waals surface area contributed by atoms with Gasteiger partial charge in [0.15, 0.2) is 5.78 Å². The highest BCUT2D eigenvalue weighted by molar-refractivity contribution is 6.10. The molecule has 31 heavy (non-hydrogen) atoms. The molecule has 0 N–H and O–H groups in total. The first-order chi connectivity index (χ1) is 14.9. The van der Waals surface area contributed by atoms with Gasteiger partial charge in [-0.1, -0.05) is 71.3 Å². The summed E-state index contributed by atoms with van der Waals surface area (Å²) >= 11 is 0. The van der Waals surface area contributed by atoms with Crippen molar-refractivity contribution in [3.8, 4) is 11.5 Å². The molecular weight excluding hydrogens is 380 g/mol. The summed E-state index contributed by atoms with van der Waals surface area (Å²) in [5.41, 5.74) is 6.15. The molecule has 0 aliphatic heterocycles. The lowest BCUT2D eigenvalue weighted by atomic mass is 9.97. The number of ketones is 1. The van der Waals surface area contributed by atoms with Crippen LogP contribution < -0.4 is 4.74 Å². The van der Waals surface area contributed by atoms with Crippen molar-refractivity contribution in [1.82, 2.24) is 0 Å². The third kappa shape index (κ3) is 6.42. The van der Waals surface area contributed by atoms with E-state index in [0.29, 0.717) is 11.3 Å². The van der Waals surface area contributed by atoms with E-state index >= 15 is 0 Å². The summed E-state index contributed by atoms with van der Waals surface area (Å²) in [6.45, 7) is 8.14. The Morgan fingerprint density at radius 2 is 1.10 bits per heavy atom. The van der Waals surface area contributed by atoms with Gasteiger partial charge >= 0.3 is 0 Å². The zero-order valence-corrected chi connectivity index (χ0v) is 18.6. The highest BCUT2D eigenvalue weighted by Gasteiger charge is 2.12.